The van der Waals surface area contributed by atoms with Crippen molar-refractivity contribution >= 4 is 22.7 Å². The first-order chi connectivity index (χ1) is 12.1. The highest BCUT2D eigenvalue weighted by atomic mass is 35.5. The van der Waals surface area contributed by atoms with Crippen molar-refractivity contribution in [3.63, 3.8) is 0 Å². The zero-order chi connectivity index (χ0) is 17.8. The number of halogens is 1. The molecule has 0 aliphatic carbocycles. The molecular formula is C16H15ClN4O3S. The van der Waals surface area contributed by atoms with E-state index in [0.29, 0.717) is 40.1 Å². The first-order valence-corrected chi connectivity index (χ1v) is 9.08. The number of imidazole rings is 1. The number of pyridine rings is 2. The first kappa shape index (κ1) is 17.5. The number of hydrogen-bond donors (Lipinski definition) is 1. The van der Waals surface area contributed by atoms with E-state index in [1.165, 1.54) is 0 Å². The highest BCUT2D eigenvalue weighted by molar-refractivity contribution is 7.78. The molecule has 0 aromatic carbocycles. The summed E-state index contributed by atoms with van der Waals surface area (Å²) in [7, 11) is 0. The van der Waals surface area contributed by atoms with Gasteiger partial charge in [-0.2, -0.15) is 0 Å². The predicted molar refractivity (Wildman–Crippen MR) is 95.2 cm³/mol. The molecule has 9 heteroatoms. The smallest absolute Gasteiger partial charge is 0.157 e. The molecule has 0 amide bonds. The predicted octanol–water partition coefficient (Wildman–Crippen LogP) is 3.10. The lowest BCUT2D eigenvalue weighted by Gasteiger charge is -2.12. The maximum Gasteiger partial charge on any atom is 0.157 e. The van der Waals surface area contributed by atoms with Crippen LogP contribution in [0, 0.1) is 0 Å². The van der Waals surface area contributed by atoms with Gasteiger partial charge in [0.2, 0.25) is 0 Å². The van der Waals surface area contributed by atoms with Gasteiger partial charge >= 0.3 is 0 Å². The Bertz CT molecular complexity index is 899. The van der Waals surface area contributed by atoms with Gasteiger partial charge in [0.1, 0.15) is 17.9 Å². The van der Waals surface area contributed by atoms with Gasteiger partial charge in [-0.15, -0.1) is 0 Å². The maximum atomic E-state index is 10.9. The summed E-state index contributed by atoms with van der Waals surface area (Å²) >= 11 is 4.38. The van der Waals surface area contributed by atoms with Gasteiger partial charge in [0.15, 0.2) is 16.2 Å². The number of rotatable bonds is 6. The molecule has 3 rings (SSSR count). The van der Waals surface area contributed by atoms with E-state index in [2.05, 4.69) is 15.0 Å². The highest BCUT2D eigenvalue weighted by Gasteiger charge is 2.18. The number of aromatic nitrogens is 4. The summed E-state index contributed by atoms with van der Waals surface area (Å²) in [6.45, 7) is 2.41. The van der Waals surface area contributed by atoms with E-state index in [1.54, 1.807) is 47.7 Å². The van der Waals surface area contributed by atoms with Gasteiger partial charge in [0.25, 0.3) is 0 Å². The normalized spacial score (nSPS) is 12.1. The molecule has 0 fully saturated rings. The second-order valence-corrected chi connectivity index (χ2v) is 6.34. The van der Waals surface area contributed by atoms with E-state index in [-0.39, 0.29) is 5.75 Å². The summed E-state index contributed by atoms with van der Waals surface area (Å²) in [5.41, 5.74) is 1.98. The van der Waals surface area contributed by atoms with Crippen molar-refractivity contribution < 1.29 is 13.5 Å². The molecule has 3 aromatic rings. The standard InChI is InChI=1S/C16H15ClN4O3S/c1-2-24-13-5-6-18-8-12(13)15-16(17)20-10-21(15)14-4-3-11(7-19-14)9-25(22)23/h3-8,10H,2,9H2,1H3,(H,22,23). The van der Waals surface area contributed by atoms with Crippen molar-refractivity contribution in [3.8, 4) is 22.8 Å². The molecule has 130 valence electrons. The van der Waals surface area contributed by atoms with Gasteiger partial charge in [-0.1, -0.05) is 17.7 Å². The summed E-state index contributed by atoms with van der Waals surface area (Å²) in [4.78, 5) is 12.6. The molecule has 1 N–H and O–H groups in total. The second kappa shape index (κ2) is 7.73. The Kier molecular flexibility index (Phi) is 5.42. The molecular weight excluding hydrogens is 364 g/mol. The van der Waals surface area contributed by atoms with E-state index in [4.69, 9.17) is 20.9 Å². The molecule has 1 unspecified atom stereocenters. The fourth-order valence-corrected chi connectivity index (χ4v) is 3.06. The number of ether oxygens (including phenoxy) is 1. The van der Waals surface area contributed by atoms with Crippen LogP contribution in [0.5, 0.6) is 5.75 Å². The Hall–Kier alpha value is -2.29. The monoisotopic (exact) mass is 378 g/mol. The molecule has 3 aromatic heterocycles. The molecule has 0 saturated heterocycles. The third kappa shape index (κ3) is 3.87. The minimum absolute atomic E-state index is 0.0297. The second-order valence-electron chi connectivity index (χ2n) is 5.05. The Morgan fingerprint density at radius 3 is 2.80 bits per heavy atom. The topological polar surface area (TPSA) is 90.1 Å². The van der Waals surface area contributed by atoms with Gasteiger partial charge < -0.3 is 9.29 Å². The van der Waals surface area contributed by atoms with E-state index < -0.39 is 11.1 Å². The van der Waals surface area contributed by atoms with Crippen LogP contribution in [0.3, 0.4) is 0 Å². The van der Waals surface area contributed by atoms with Crippen LogP contribution in [0.4, 0.5) is 0 Å². The summed E-state index contributed by atoms with van der Waals surface area (Å²) in [5, 5.41) is 0.302. The van der Waals surface area contributed by atoms with E-state index in [1.807, 2.05) is 6.92 Å². The number of nitrogens with zero attached hydrogens (tertiary/aromatic N) is 4. The number of hydrogen-bond acceptors (Lipinski definition) is 5. The fourth-order valence-electron chi connectivity index (χ4n) is 2.37. The Morgan fingerprint density at radius 2 is 2.12 bits per heavy atom. The lowest BCUT2D eigenvalue weighted by atomic mass is 10.2. The zero-order valence-corrected chi connectivity index (χ0v) is 14.9. The van der Waals surface area contributed by atoms with E-state index >= 15 is 0 Å². The highest BCUT2D eigenvalue weighted by Crippen LogP contribution is 2.35. The zero-order valence-electron chi connectivity index (χ0n) is 13.3. The molecule has 25 heavy (non-hydrogen) atoms. The van der Waals surface area contributed by atoms with Crippen molar-refractivity contribution in [2.75, 3.05) is 6.61 Å². The third-order valence-electron chi connectivity index (χ3n) is 3.40. The lowest BCUT2D eigenvalue weighted by Crippen LogP contribution is -2.02. The molecule has 0 bridgehead atoms. The van der Waals surface area contributed by atoms with E-state index in [9.17, 15) is 4.21 Å². The molecule has 1 atom stereocenters. The van der Waals surface area contributed by atoms with Crippen LogP contribution < -0.4 is 4.74 Å². The third-order valence-corrected chi connectivity index (χ3v) is 4.26. The van der Waals surface area contributed by atoms with Crippen LogP contribution in [-0.2, 0) is 16.8 Å². The van der Waals surface area contributed by atoms with Crippen molar-refractivity contribution in [2.24, 2.45) is 0 Å². The van der Waals surface area contributed by atoms with Crippen molar-refractivity contribution in [1.29, 1.82) is 0 Å². The van der Waals surface area contributed by atoms with Crippen molar-refractivity contribution in [3.05, 3.63) is 53.8 Å². The SMILES string of the molecule is CCOc1ccncc1-c1c(Cl)ncn1-c1ccc(CS(=O)O)cn1. The quantitative estimate of drug-likeness (QED) is 0.663. The van der Waals surface area contributed by atoms with Crippen LogP contribution in [0.15, 0.2) is 43.1 Å². The summed E-state index contributed by atoms with van der Waals surface area (Å²) in [5.74, 6) is 1.25. The first-order valence-electron chi connectivity index (χ1n) is 7.43. The summed E-state index contributed by atoms with van der Waals surface area (Å²) in [6, 6.07) is 5.24. The Morgan fingerprint density at radius 1 is 1.28 bits per heavy atom. The minimum atomic E-state index is -1.91. The molecule has 0 spiro atoms. The Balaban J connectivity index is 2.04. The molecule has 3 heterocycles. The average molecular weight is 379 g/mol. The molecule has 0 aliphatic heterocycles. The van der Waals surface area contributed by atoms with Gasteiger partial charge in [-0.3, -0.25) is 9.55 Å². The molecule has 0 aliphatic rings. The van der Waals surface area contributed by atoms with Gasteiger partial charge in [-0.05, 0) is 24.6 Å². The lowest BCUT2D eigenvalue weighted by molar-refractivity contribution is 0.341. The summed E-state index contributed by atoms with van der Waals surface area (Å²) in [6.07, 6.45) is 6.42. The Labute approximate surface area is 152 Å². The van der Waals surface area contributed by atoms with Crippen molar-refractivity contribution in [1.82, 2.24) is 19.5 Å². The van der Waals surface area contributed by atoms with Crippen LogP contribution in [0.25, 0.3) is 17.1 Å². The van der Waals surface area contributed by atoms with Gasteiger partial charge in [0, 0.05) is 18.6 Å². The average Bonchev–Trinajstić information content (AvgIpc) is 2.97. The minimum Gasteiger partial charge on any atom is -0.493 e. The van der Waals surface area contributed by atoms with Crippen LogP contribution in [0.2, 0.25) is 5.15 Å². The van der Waals surface area contributed by atoms with Crippen LogP contribution in [-0.4, -0.2) is 34.9 Å². The molecule has 0 saturated carbocycles. The van der Waals surface area contributed by atoms with E-state index in [0.717, 1.165) is 0 Å². The van der Waals surface area contributed by atoms with Gasteiger partial charge in [0.05, 0.1) is 23.6 Å². The summed E-state index contributed by atoms with van der Waals surface area (Å²) < 4.78 is 27.2. The molecule has 0 radical (unpaired) electrons. The molecule has 7 nitrogen and oxygen atoms in total. The van der Waals surface area contributed by atoms with Crippen LogP contribution >= 0.6 is 11.6 Å². The van der Waals surface area contributed by atoms with Gasteiger partial charge in [-0.25, -0.2) is 14.2 Å². The largest absolute Gasteiger partial charge is 0.493 e. The maximum absolute atomic E-state index is 10.9. The fraction of sp³-hybridized carbons (Fsp3) is 0.188. The van der Waals surface area contributed by atoms with Crippen molar-refractivity contribution in [2.45, 2.75) is 12.7 Å². The van der Waals surface area contributed by atoms with Crippen LogP contribution in [0.1, 0.15) is 12.5 Å².